The van der Waals surface area contributed by atoms with Crippen LogP contribution in [-0.4, -0.2) is 17.8 Å². The highest BCUT2D eigenvalue weighted by atomic mass is 35.5. The molecule has 0 spiro atoms. The Kier molecular flexibility index (Phi) is 6.60. The summed E-state index contributed by atoms with van der Waals surface area (Å²) in [5.74, 6) is 0. The number of benzene rings is 1. The second-order valence-electron chi connectivity index (χ2n) is 3.85. The Labute approximate surface area is 117 Å². The van der Waals surface area contributed by atoms with E-state index in [4.69, 9.17) is 34.8 Å². The molecule has 0 saturated carbocycles. The van der Waals surface area contributed by atoms with Crippen molar-refractivity contribution in [2.75, 3.05) is 6.54 Å². The van der Waals surface area contributed by atoms with Crippen LogP contribution in [-0.2, 0) is 6.54 Å². The predicted octanol–water partition coefficient (Wildman–Crippen LogP) is 3.90. The molecule has 0 aliphatic heterocycles. The van der Waals surface area contributed by atoms with Crippen LogP contribution in [0.4, 0.5) is 0 Å². The van der Waals surface area contributed by atoms with Crippen LogP contribution < -0.4 is 5.32 Å². The van der Waals surface area contributed by atoms with Crippen molar-refractivity contribution in [3.8, 4) is 0 Å². The van der Waals surface area contributed by atoms with Gasteiger partial charge in [0.1, 0.15) is 0 Å². The molecule has 2 nitrogen and oxygen atoms in total. The Balaban J connectivity index is 2.49. The first-order valence-electron chi connectivity index (χ1n) is 5.57. The summed E-state index contributed by atoms with van der Waals surface area (Å²) in [6, 6.07) is 3.41. The molecular formula is C12H16Cl3NO. The van der Waals surface area contributed by atoms with E-state index in [-0.39, 0.29) is 6.10 Å². The van der Waals surface area contributed by atoms with E-state index < -0.39 is 0 Å². The molecule has 1 aromatic carbocycles. The summed E-state index contributed by atoms with van der Waals surface area (Å²) in [6.45, 7) is 3.22. The number of rotatable bonds is 6. The lowest BCUT2D eigenvalue weighted by molar-refractivity contribution is 0.159. The van der Waals surface area contributed by atoms with Crippen LogP contribution in [0.5, 0.6) is 0 Å². The molecule has 17 heavy (non-hydrogen) atoms. The van der Waals surface area contributed by atoms with Crippen molar-refractivity contribution >= 4 is 34.8 Å². The number of aliphatic hydroxyl groups is 1. The average Bonchev–Trinajstić information content (AvgIpc) is 2.32. The van der Waals surface area contributed by atoms with Crippen LogP contribution in [0.1, 0.15) is 25.3 Å². The minimum absolute atomic E-state index is 0.257. The van der Waals surface area contributed by atoms with Gasteiger partial charge in [-0.15, -0.1) is 0 Å². The molecule has 1 unspecified atom stereocenters. The van der Waals surface area contributed by atoms with E-state index in [2.05, 4.69) is 5.32 Å². The maximum Gasteiger partial charge on any atom is 0.0652 e. The summed E-state index contributed by atoms with van der Waals surface area (Å²) in [4.78, 5) is 0. The number of nitrogens with one attached hydrogen (secondary N) is 1. The fourth-order valence-corrected chi connectivity index (χ4v) is 2.10. The zero-order valence-electron chi connectivity index (χ0n) is 9.64. The lowest BCUT2D eigenvalue weighted by atomic mass is 10.2. The summed E-state index contributed by atoms with van der Waals surface area (Å²) in [5, 5.41) is 14.2. The van der Waals surface area contributed by atoms with Gasteiger partial charge in [-0.3, -0.25) is 0 Å². The highest BCUT2D eigenvalue weighted by Gasteiger charge is 2.09. The molecule has 0 saturated heterocycles. The Morgan fingerprint density at radius 1 is 1.24 bits per heavy atom. The van der Waals surface area contributed by atoms with Gasteiger partial charge >= 0.3 is 0 Å². The monoisotopic (exact) mass is 295 g/mol. The quantitative estimate of drug-likeness (QED) is 0.616. The van der Waals surface area contributed by atoms with E-state index in [1.807, 2.05) is 6.92 Å². The standard InChI is InChI=1S/C12H16Cl3NO/c1-2-8(17)5-6-16-7-9-10(13)3-4-11(14)12(9)15/h3-4,8,16-17H,2,5-7H2,1H3. The smallest absolute Gasteiger partial charge is 0.0652 e. The zero-order valence-corrected chi connectivity index (χ0v) is 11.9. The third-order valence-electron chi connectivity index (χ3n) is 2.57. The highest BCUT2D eigenvalue weighted by molar-refractivity contribution is 6.44. The Morgan fingerprint density at radius 2 is 1.88 bits per heavy atom. The van der Waals surface area contributed by atoms with E-state index in [0.29, 0.717) is 34.6 Å². The first-order chi connectivity index (χ1) is 8.06. The van der Waals surface area contributed by atoms with E-state index >= 15 is 0 Å². The van der Waals surface area contributed by atoms with E-state index in [1.165, 1.54) is 0 Å². The predicted molar refractivity (Wildman–Crippen MR) is 74.1 cm³/mol. The fraction of sp³-hybridized carbons (Fsp3) is 0.500. The first kappa shape index (κ1) is 15.1. The molecule has 1 aromatic rings. The molecule has 5 heteroatoms. The molecule has 0 aliphatic rings. The minimum Gasteiger partial charge on any atom is -0.393 e. The van der Waals surface area contributed by atoms with Crippen LogP contribution >= 0.6 is 34.8 Å². The molecule has 0 aliphatic carbocycles. The first-order valence-corrected chi connectivity index (χ1v) is 6.70. The summed E-state index contributed by atoms with van der Waals surface area (Å²) in [6.07, 6.45) is 1.22. The maximum absolute atomic E-state index is 9.40. The van der Waals surface area contributed by atoms with Crippen molar-refractivity contribution in [2.45, 2.75) is 32.4 Å². The molecule has 0 fully saturated rings. The molecule has 0 heterocycles. The summed E-state index contributed by atoms with van der Waals surface area (Å²) in [7, 11) is 0. The maximum atomic E-state index is 9.40. The SMILES string of the molecule is CCC(O)CCNCc1c(Cl)ccc(Cl)c1Cl. The van der Waals surface area contributed by atoms with Gasteiger partial charge in [-0.2, -0.15) is 0 Å². The number of halogens is 3. The van der Waals surface area contributed by atoms with Crippen molar-refractivity contribution in [3.63, 3.8) is 0 Å². The van der Waals surface area contributed by atoms with Crippen LogP contribution in [0.3, 0.4) is 0 Å². The van der Waals surface area contributed by atoms with Gasteiger partial charge in [0.05, 0.1) is 16.1 Å². The van der Waals surface area contributed by atoms with E-state index in [9.17, 15) is 5.11 Å². The van der Waals surface area contributed by atoms with Crippen LogP contribution in [0.2, 0.25) is 15.1 Å². The molecule has 1 atom stereocenters. The van der Waals surface area contributed by atoms with Gasteiger partial charge in [0.15, 0.2) is 0 Å². The average molecular weight is 297 g/mol. The molecule has 0 aromatic heterocycles. The third-order valence-corrected chi connectivity index (χ3v) is 3.76. The highest BCUT2D eigenvalue weighted by Crippen LogP contribution is 2.31. The van der Waals surface area contributed by atoms with E-state index in [0.717, 1.165) is 12.0 Å². The lowest BCUT2D eigenvalue weighted by Crippen LogP contribution is -2.20. The van der Waals surface area contributed by atoms with Gasteiger partial charge in [-0.1, -0.05) is 41.7 Å². The van der Waals surface area contributed by atoms with Gasteiger partial charge in [-0.25, -0.2) is 0 Å². The molecule has 0 amide bonds. The van der Waals surface area contributed by atoms with Crippen LogP contribution in [0, 0.1) is 0 Å². The topological polar surface area (TPSA) is 32.3 Å². The van der Waals surface area contributed by atoms with Crippen molar-refractivity contribution in [1.29, 1.82) is 0 Å². The van der Waals surface area contributed by atoms with Gasteiger partial charge in [-0.05, 0) is 31.5 Å². The zero-order chi connectivity index (χ0) is 12.8. The van der Waals surface area contributed by atoms with Crippen molar-refractivity contribution in [3.05, 3.63) is 32.8 Å². The Hall–Kier alpha value is 0.01000. The number of aliphatic hydroxyl groups excluding tert-OH is 1. The van der Waals surface area contributed by atoms with Gasteiger partial charge in [0, 0.05) is 17.1 Å². The number of hydrogen-bond donors (Lipinski definition) is 2. The molecule has 1 rings (SSSR count). The lowest BCUT2D eigenvalue weighted by Gasteiger charge is -2.11. The minimum atomic E-state index is -0.257. The molecular weight excluding hydrogens is 280 g/mol. The number of hydrogen-bond acceptors (Lipinski definition) is 2. The van der Waals surface area contributed by atoms with Crippen molar-refractivity contribution in [2.24, 2.45) is 0 Å². The molecule has 0 bridgehead atoms. The second-order valence-corrected chi connectivity index (χ2v) is 5.04. The summed E-state index contributed by atoms with van der Waals surface area (Å²) in [5.41, 5.74) is 0.798. The van der Waals surface area contributed by atoms with Crippen LogP contribution in [0.15, 0.2) is 12.1 Å². The van der Waals surface area contributed by atoms with E-state index in [1.54, 1.807) is 12.1 Å². The van der Waals surface area contributed by atoms with Gasteiger partial charge in [0.2, 0.25) is 0 Å². The molecule has 0 radical (unpaired) electrons. The molecule has 96 valence electrons. The fourth-order valence-electron chi connectivity index (χ4n) is 1.42. The summed E-state index contributed by atoms with van der Waals surface area (Å²) < 4.78 is 0. The van der Waals surface area contributed by atoms with Crippen molar-refractivity contribution < 1.29 is 5.11 Å². The largest absolute Gasteiger partial charge is 0.393 e. The summed E-state index contributed by atoms with van der Waals surface area (Å²) >= 11 is 18.0. The Bertz CT molecular complexity index is 371. The normalized spacial score (nSPS) is 12.8. The van der Waals surface area contributed by atoms with Crippen molar-refractivity contribution in [1.82, 2.24) is 5.32 Å². The third kappa shape index (κ3) is 4.65. The second kappa shape index (κ2) is 7.45. The molecule has 2 N–H and O–H groups in total. The van der Waals surface area contributed by atoms with Gasteiger partial charge in [0.25, 0.3) is 0 Å². The van der Waals surface area contributed by atoms with Crippen LogP contribution in [0.25, 0.3) is 0 Å². The van der Waals surface area contributed by atoms with Gasteiger partial charge < -0.3 is 10.4 Å². The Morgan fingerprint density at radius 3 is 2.53 bits per heavy atom.